The highest BCUT2D eigenvalue weighted by Crippen LogP contribution is 2.32. The summed E-state index contributed by atoms with van der Waals surface area (Å²) in [6.45, 7) is 3.32. The Labute approximate surface area is 110 Å². The largest absolute Gasteiger partial charge is 0.393 e. The fourth-order valence-electron chi connectivity index (χ4n) is 3.46. The first kappa shape index (κ1) is 12.2. The topological polar surface area (TPSA) is 23.5 Å². The number of hydrogen-bond donors (Lipinski definition) is 1. The maximum atomic E-state index is 9.56. The molecule has 1 aliphatic heterocycles. The highest BCUT2D eigenvalue weighted by atomic mass is 16.3. The predicted molar refractivity (Wildman–Crippen MR) is 73.8 cm³/mol. The second kappa shape index (κ2) is 5.41. The molecular weight excluding hydrogens is 222 g/mol. The lowest BCUT2D eigenvalue weighted by molar-refractivity contribution is 0.0786. The summed E-state index contributed by atoms with van der Waals surface area (Å²) in [7, 11) is 0. The summed E-state index contributed by atoms with van der Waals surface area (Å²) in [5.41, 5.74) is 3.14. The molecular formula is C16H23NO. The fraction of sp³-hybridized carbons (Fsp3) is 0.625. The Bertz CT molecular complexity index is 396. The molecule has 2 aliphatic rings. The minimum absolute atomic E-state index is 0.0557. The summed E-state index contributed by atoms with van der Waals surface area (Å²) in [4.78, 5) is 2.54. The predicted octanol–water partition coefficient (Wildman–Crippen LogP) is 2.56. The molecule has 0 amide bonds. The van der Waals surface area contributed by atoms with Crippen LogP contribution in [0.1, 0.15) is 42.7 Å². The minimum atomic E-state index is -0.0557. The molecule has 0 radical (unpaired) electrons. The lowest BCUT2D eigenvalue weighted by Crippen LogP contribution is -2.38. The van der Waals surface area contributed by atoms with Gasteiger partial charge in [0.15, 0.2) is 0 Å². The minimum Gasteiger partial charge on any atom is -0.393 e. The van der Waals surface area contributed by atoms with Gasteiger partial charge in [0.25, 0.3) is 0 Å². The molecule has 1 aromatic rings. The molecule has 0 bridgehead atoms. The summed E-state index contributed by atoms with van der Waals surface area (Å²) < 4.78 is 0. The fourth-order valence-corrected chi connectivity index (χ4v) is 3.46. The normalized spacial score (nSPS) is 25.9. The van der Waals surface area contributed by atoms with Gasteiger partial charge in [0.1, 0.15) is 0 Å². The Balaban J connectivity index is 1.67. The van der Waals surface area contributed by atoms with Gasteiger partial charge >= 0.3 is 0 Å². The van der Waals surface area contributed by atoms with Crippen molar-refractivity contribution in [3.8, 4) is 0 Å². The number of rotatable bonds is 2. The van der Waals surface area contributed by atoms with Crippen LogP contribution in [0.3, 0.4) is 0 Å². The van der Waals surface area contributed by atoms with E-state index in [2.05, 4.69) is 29.2 Å². The van der Waals surface area contributed by atoms with E-state index in [4.69, 9.17) is 0 Å². The van der Waals surface area contributed by atoms with Gasteiger partial charge in [-0.05, 0) is 49.1 Å². The van der Waals surface area contributed by atoms with Crippen molar-refractivity contribution < 1.29 is 5.11 Å². The second-order valence-corrected chi connectivity index (χ2v) is 5.82. The molecule has 1 atom stereocenters. The molecule has 2 heteroatoms. The number of hydrogen-bond acceptors (Lipinski definition) is 2. The van der Waals surface area contributed by atoms with Gasteiger partial charge in [-0.25, -0.2) is 0 Å². The zero-order valence-electron chi connectivity index (χ0n) is 11.0. The highest BCUT2D eigenvalue weighted by molar-refractivity contribution is 5.32. The number of piperidine rings is 1. The van der Waals surface area contributed by atoms with Crippen LogP contribution < -0.4 is 0 Å². The third-order valence-electron chi connectivity index (χ3n) is 4.53. The molecule has 1 unspecified atom stereocenters. The summed E-state index contributed by atoms with van der Waals surface area (Å²) in [5, 5.41) is 9.56. The van der Waals surface area contributed by atoms with Crippen LogP contribution in [0, 0.1) is 0 Å². The van der Waals surface area contributed by atoms with Crippen molar-refractivity contribution in [1.82, 2.24) is 4.90 Å². The van der Waals surface area contributed by atoms with Crippen molar-refractivity contribution in [3.05, 3.63) is 35.4 Å². The van der Waals surface area contributed by atoms with E-state index in [1.54, 1.807) is 11.1 Å². The average molecular weight is 245 g/mol. The Morgan fingerprint density at radius 3 is 2.72 bits per heavy atom. The van der Waals surface area contributed by atoms with E-state index < -0.39 is 0 Å². The van der Waals surface area contributed by atoms with Crippen LogP contribution in [-0.4, -0.2) is 35.7 Å². The zero-order valence-corrected chi connectivity index (χ0v) is 11.0. The van der Waals surface area contributed by atoms with Crippen LogP contribution in [0.15, 0.2) is 24.3 Å². The summed E-state index contributed by atoms with van der Waals surface area (Å²) in [6.07, 6.45) is 5.77. The third kappa shape index (κ3) is 2.60. The average Bonchev–Trinajstić information content (AvgIpc) is 2.42. The van der Waals surface area contributed by atoms with Crippen LogP contribution in [-0.2, 0) is 6.42 Å². The molecule has 1 saturated heterocycles. The first-order valence-corrected chi connectivity index (χ1v) is 7.31. The van der Waals surface area contributed by atoms with Crippen molar-refractivity contribution in [2.75, 3.05) is 19.6 Å². The molecule has 98 valence electrons. The molecule has 0 aromatic heterocycles. The van der Waals surface area contributed by atoms with Crippen molar-refractivity contribution in [2.24, 2.45) is 0 Å². The number of nitrogens with zero attached hydrogens (tertiary/aromatic N) is 1. The standard InChI is InChI=1S/C16H23NO/c18-15-8-10-17(11-9-15)12-14-6-3-5-13-4-1-2-7-16(13)14/h1-2,4,7,14-15,18H,3,5-6,8-12H2. The number of benzene rings is 1. The van der Waals surface area contributed by atoms with Crippen molar-refractivity contribution in [1.29, 1.82) is 0 Å². The molecule has 1 fully saturated rings. The molecule has 2 nitrogen and oxygen atoms in total. The van der Waals surface area contributed by atoms with Crippen LogP contribution in [0.2, 0.25) is 0 Å². The Hall–Kier alpha value is -0.860. The molecule has 0 saturated carbocycles. The molecule has 1 aliphatic carbocycles. The van der Waals surface area contributed by atoms with Crippen molar-refractivity contribution in [2.45, 2.75) is 44.1 Å². The maximum Gasteiger partial charge on any atom is 0.0564 e. The van der Waals surface area contributed by atoms with E-state index >= 15 is 0 Å². The van der Waals surface area contributed by atoms with E-state index in [1.165, 1.54) is 25.8 Å². The molecule has 18 heavy (non-hydrogen) atoms. The summed E-state index contributed by atoms with van der Waals surface area (Å²) in [6, 6.07) is 8.95. The lowest BCUT2D eigenvalue weighted by Gasteiger charge is -2.34. The Morgan fingerprint density at radius 2 is 1.89 bits per heavy atom. The van der Waals surface area contributed by atoms with Gasteiger partial charge in [-0.15, -0.1) is 0 Å². The number of fused-ring (bicyclic) bond motifs is 1. The van der Waals surface area contributed by atoms with Gasteiger partial charge in [0.2, 0.25) is 0 Å². The van der Waals surface area contributed by atoms with Crippen LogP contribution in [0.25, 0.3) is 0 Å². The van der Waals surface area contributed by atoms with Crippen LogP contribution in [0.4, 0.5) is 0 Å². The van der Waals surface area contributed by atoms with Gasteiger partial charge in [0.05, 0.1) is 6.10 Å². The van der Waals surface area contributed by atoms with E-state index in [0.717, 1.165) is 25.9 Å². The Morgan fingerprint density at radius 1 is 1.11 bits per heavy atom. The summed E-state index contributed by atoms with van der Waals surface area (Å²) in [5.74, 6) is 0.713. The van der Waals surface area contributed by atoms with E-state index in [9.17, 15) is 5.11 Å². The molecule has 3 rings (SSSR count). The number of aryl methyl sites for hydroxylation is 1. The van der Waals surface area contributed by atoms with Crippen molar-refractivity contribution in [3.63, 3.8) is 0 Å². The number of aliphatic hydroxyl groups excluding tert-OH is 1. The van der Waals surface area contributed by atoms with Gasteiger partial charge in [-0.2, -0.15) is 0 Å². The highest BCUT2D eigenvalue weighted by Gasteiger charge is 2.24. The molecule has 1 aromatic carbocycles. The number of aliphatic hydroxyl groups is 1. The van der Waals surface area contributed by atoms with E-state index in [1.807, 2.05) is 0 Å². The van der Waals surface area contributed by atoms with Gasteiger partial charge in [0, 0.05) is 19.6 Å². The second-order valence-electron chi connectivity index (χ2n) is 5.82. The smallest absolute Gasteiger partial charge is 0.0564 e. The van der Waals surface area contributed by atoms with Crippen molar-refractivity contribution >= 4 is 0 Å². The molecule has 1 N–H and O–H groups in total. The lowest BCUT2D eigenvalue weighted by atomic mass is 9.82. The SMILES string of the molecule is OC1CCN(CC2CCCc3ccccc32)CC1. The monoisotopic (exact) mass is 245 g/mol. The van der Waals surface area contributed by atoms with E-state index in [-0.39, 0.29) is 6.10 Å². The zero-order chi connectivity index (χ0) is 12.4. The van der Waals surface area contributed by atoms with Crippen LogP contribution in [0.5, 0.6) is 0 Å². The third-order valence-corrected chi connectivity index (χ3v) is 4.53. The van der Waals surface area contributed by atoms with Gasteiger partial charge in [-0.3, -0.25) is 0 Å². The number of likely N-dealkylation sites (tertiary alicyclic amines) is 1. The van der Waals surface area contributed by atoms with Gasteiger partial charge < -0.3 is 10.0 Å². The summed E-state index contributed by atoms with van der Waals surface area (Å²) >= 11 is 0. The van der Waals surface area contributed by atoms with E-state index in [0.29, 0.717) is 5.92 Å². The molecule has 1 heterocycles. The first-order chi connectivity index (χ1) is 8.83. The van der Waals surface area contributed by atoms with Crippen LogP contribution >= 0.6 is 0 Å². The maximum absolute atomic E-state index is 9.56. The Kier molecular flexibility index (Phi) is 3.67. The quantitative estimate of drug-likeness (QED) is 0.865. The van der Waals surface area contributed by atoms with Gasteiger partial charge in [-0.1, -0.05) is 24.3 Å². The first-order valence-electron chi connectivity index (χ1n) is 7.31. The molecule has 0 spiro atoms.